The maximum Gasteiger partial charge on any atom is 0.405 e. The number of nitrogens with two attached hydrogens (primary N) is 1. The molecule has 21 heavy (non-hydrogen) atoms. The highest BCUT2D eigenvalue weighted by Gasteiger charge is 2.33. The molecule has 0 radical (unpaired) electrons. The lowest BCUT2D eigenvalue weighted by Crippen LogP contribution is -2.40. The molecule has 1 rings (SSSR count). The van der Waals surface area contributed by atoms with E-state index in [0.29, 0.717) is 5.82 Å². The fourth-order valence-electron chi connectivity index (χ4n) is 1.71. The third-order valence-corrected chi connectivity index (χ3v) is 2.80. The van der Waals surface area contributed by atoms with Gasteiger partial charge in [-0.15, -0.1) is 0 Å². The predicted octanol–water partition coefficient (Wildman–Crippen LogP) is 2.84. The summed E-state index contributed by atoms with van der Waals surface area (Å²) in [6, 6.07) is 1.06. The third-order valence-electron chi connectivity index (χ3n) is 2.80. The second-order valence-corrected chi connectivity index (χ2v) is 6.17. The monoisotopic (exact) mass is 305 g/mol. The van der Waals surface area contributed by atoms with E-state index in [0.717, 1.165) is 0 Å². The number of rotatable bonds is 4. The first-order valence-electron chi connectivity index (χ1n) is 6.63. The van der Waals surface area contributed by atoms with Gasteiger partial charge < -0.3 is 10.3 Å². The Morgan fingerprint density at radius 3 is 2.19 bits per heavy atom. The summed E-state index contributed by atoms with van der Waals surface area (Å²) in [6.45, 7) is 7.94. The number of aromatic nitrogens is 2. The average Bonchev–Trinajstić information content (AvgIpc) is 2.33. The first-order chi connectivity index (χ1) is 9.44. The van der Waals surface area contributed by atoms with E-state index in [9.17, 15) is 13.2 Å². The van der Waals surface area contributed by atoms with E-state index in [2.05, 4.69) is 15.4 Å². The van der Waals surface area contributed by atoms with Gasteiger partial charge in [0.05, 0.1) is 0 Å². The van der Waals surface area contributed by atoms with Crippen LogP contribution in [-0.2, 0) is 5.41 Å². The molecule has 0 saturated heterocycles. The van der Waals surface area contributed by atoms with Crippen LogP contribution in [-0.4, -0.2) is 28.7 Å². The molecular formula is C13H22F3N5. The van der Waals surface area contributed by atoms with E-state index in [-0.39, 0.29) is 17.7 Å². The molecule has 0 aliphatic rings. The van der Waals surface area contributed by atoms with E-state index in [1.807, 2.05) is 20.8 Å². The Morgan fingerprint density at radius 1 is 1.24 bits per heavy atom. The normalized spacial score (nSPS) is 12.7. The first kappa shape index (κ1) is 17.5. The second kappa shape index (κ2) is 6.05. The van der Waals surface area contributed by atoms with Crippen LogP contribution in [0.2, 0.25) is 0 Å². The molecular weight excluding hydrogens is 283 g/mol. The van der Waals surface area contributed by atoms with E-state index in [1.54, 1.807) is 13.8 Å². The highest BCUT2D eigenvalue weighted by atomic mass is 19.4. The Morgan fingerprint density at radius 2 is 1.81 bits per heavy atom. The fourth-order valence-corrected chi connectivity index (χ4v) is 1.71. The van der Waals surface area contributed by atoms with Crippen LogP contribution in [0.15, 0.2) is 6.07 Å². The van der Waals surface area contributed by atoms with Crippen LogP contribution in [0.1, 0.15) is 40.4 Å². The molecule has 120 valence electrons. The van der Waals surface area contributed by atoms with E-state index < -0.39 is 18.1 Å². The van der Waals surface area contributed by atoms with Crippen LogP contribution < -0.4 is 16.2 Å². The zero-order valence-electron chi connectivity index (χ0n) is 12.9. The number of anilines is 2. The molecule has 0 aromatic carbocycles. The Balaban J connectivity index is 3.31. The number of nitrogens with zero attached hydrogens (tertiary/aromatic N) is 3. The van der Waals surface area contributed by atoms with Gasteiger partial charge in [0.15, 0.2) is 0 Å². The van der Waals surface area contributed by atoms with Crippen LogP contribution in [0.5, 0.6) is 0 Å². The zero-order valence-corrected chi connectivity index (χ0v) is 12.9. The van der Waals surface area contributed by atoms with Gasteiger partial charge in [0.1, 0.15) is 24.0 Å². The molecule has 1 heterocycles. The Labute approximate surface area is 122 Å². The maximum atomic E-state index is 12.7. The number of hydrazine groups is 1. The topological polar surface area (TPSA) is 67.1 Å². The molecule has 0 atom stereocenters. The quantitative estimate of drug-likeness (QED) is 0.661. The van der Waals surface area contributed by atoms with Crippen molar-refractivity contribution in [2.75, 3.05) is 16.9 Å². The largest absolute Gasteiger partial charge is 0.405 e. The van der Waals surface area contributed by atoms with Gasteiger partial charge in [0, 0.05) is 17.5 Å². The molecule has 1 aromatic heterocycles. The molecule has 3 N–H and O–H groups in total. The highest BCUT2D eigenvalue weighted by Crippen LogP contribution is 2.27. The number of alkyl halides is 3. The van der Waals surface area contributed by atoms with Gasteiger partial charge in [0.25, 0.3) is 0 Å². The van der Waals surface area contributed by atoms with Crippen LogP contribution in [0, 0.1) is 0 Å². The van der Waals surface area contributed by atoms with Gasteiger partial charge in [0.2, 0.25) is 0 Å². The molecule has 1 aromatic rings. The van der Waals surface area contributed by atoms with E-state index >= 15 is 0 Å². The Hall–Kier alpha value is -1.57. The average molecular weight is 305 g/mol. The Bertz CT molecular complexity index is 480. The molecule has 8 heteroatoms. The van der Waals surface area contributed by atoms with Crippen molar-refractivity contribution in [1.82, 2.24) is 9.97 Å². The SMILES string of the molecule is CC(C)N(CC(F)(F)F)c1cc(NN)nc(C(C)(C)C)n1. The minimum atomic E-state index is -4.31. The standard InChI is InChI=1S/C13H22F3N5/c1-8(2)21(7-13(14,15)16)10-6-9(20-17)18-11(19-10)12(3,4)5/h6,8H,7,17H2,1-5H3,(H,18,19,20). The summed E-state index contributed by atoms with van der Waals surface area (Å²) in [5.41, 5.74) is 1.98. The fraction of sp³-hybridized carbons (Fsp3) is 0.692. The van der Waals surface area contributed by atoms with Gasteiger partial charge >= 0.3 is 6.18 Å². The lowest BCUT2D eigenvalue weighted by atomic mass is 9.96. The van der Waals surface area contributed by atoms with Gasteiger partial charge in [-0.1, -0.05) is 20.8 Å². The van der Waals surface area contributed by atoms with E-state index in [4.69, 9.17) is 5.84 Å². The molecule has 0 aliphatic heterocycles. The van der Waals surface area contributed by atoms with E-state index in [1.165, 1.54) is 11.0 Å². The van der Waals surface area contributed by atoms with Crippen LogP contribution >= 0.6 is 0 Å². The number of hydrogen-bond donors (Lipinski definition) is 2. The van der Waals surface area contributed by atoms with Crippen molar-refractivity contribution in [2.24, 2.45) is 5.84 Å². The summed E-state index contributed by atoms with van der Waals surface area (Å²) < 4.78 is 38.2. The van der Waals surface area contributed by atoms with Crippen LogP contribution in [0.25, 0.3) is 0 Å². The number of hydrogen-bond acceptors (Lipinski definition) is 5. The van der Waals surface area contributed by atoms with Crippen LogP contribution in [0.3, 0.4) is 0 Å². The van der Waals surface area contributed by atoms with Crippen molar-refractivity contribution >= 4 is 11.6 Å². The van der Waals surface area contributed by atoms with Crippen molar-refractivity contribution in [3.8, 4) is 0 Å². The van der Waals surface area contributed by atoms with Crippen molar-refractivity contribution < 1.29 is 13.2 Å². The van der Waals surface area contributed by atoms with Gasteiger partial charge in [-0.05, 0) is 13.8 Å². The molecule has 0 unspecified atom stereocenters. The van der Waals surface area contributed by atoms with Crippen molar-refractivity contribution in [3.63, 3.8) is 0 Å². The van der Waals surface area contributed by atoms with Crippen LogP contribution in [0.4, 0.5) is 24.8 Å². The smallest absolute Gasteiger partial charge is 0.345 e. The Kier molecular flexibility index (Phi) is 5.03. The summed E-state index contributed by atoms with van der Waals surface area (Å²) in [4.78, 5) is 9.66. The summed E-state index contributed by atoms with van der Waals surface area (Å²) in [5.74, 6) is 6.28. The number of nitrogen functional groups attached to an aromatic ring is 1. The van der Waals surface area contributed by atoms with Crippen molar-refractivity contribution in [1.29, 1.82) is 0 Å². The molecule has 0 bridgehead atoms. The minimum absolute atomic E-state index is 0.204. The first-order valence-corrected chi connectivity index (χ1v) is 6.63. The van der Waals surface area contributed by atoms with Crippen molar-refractivity contribution in [2.45, 2.75) is 52.3 Å². The highest BCUT2D eigenvalue weighted by molar-refractivity contribution is 5.50. The molecule has 0 amide bonds. The van der Waals surface area contributed by atoms with Gasteiger partial charge in [-0.2, -0.15) is 13.2 Å². The lowest BCUT2D eigenvalue weighted by Gasteiger charge is -2.30. The molecule has 5 nitrogen and oxygen atoms in total. The second-order valence-electron chi connectivity index (χ2n) is 6.17. The van der Waals surface area contributed by atoms with Crippen molar-refractivity contribution in [3.05, 3.63) is 11.9 Å². The summed E-state index contributed by atoms with van der Waals surface area (Å²) in [6.07, 6.45) is -4.31. The minimum Gasteiger partial charge on any atom is -0.345 e. The number of nitrogens with one attached hydrogen (secondary N) is 1. The molecule has 0 aliphatic carbocycles. The van der Waals surface area contributed by atoms with Gasteiger partial charge in [-0.3, -0.25) is 0 Å². The molecule has 0 fully saturated rings. The predicted molar refractivity (Wildman–Crippen MR) is 77.1 cm³/mol. The number of halogens is 3. The van der Waals surface area contributed by atoms with Gasteiger partial charge in [-0.25, -0.2) is 15.8 Å². The summed E-state index contributed by atoms with van der Waals surface area (Å²) in [7, 11) is 0. The maximum absolute atomic E-state index is 12.7. The zero-order chi connectivity index (χ0) is 16.4. The summed E-state index contributed by atoms with van der Waals surface area (Å²) in [5, 5.41) is 0. The molecule has 0 saturated carbocycles. The molecule has 0 spiro atoms. The summed E-state index contributed by atoms with van der Waals surface area (Å²) >= 11 is 0. The lowest BCUT2D eigenvalue weighted by molar-refractivity contribution is -0.120. The third kappa shape index (κ3) is 5.04.